The van der Waals surface area contributed by atoms with Gasteiger partial charge in [0.15, 0.2) is 0 Å². The molecule has 0 aliphatic rings. The van der Waals surface area contributed by atoms with Crippen LogP contribution in [0.15, 0.2) is 24.3 Å². The molecule has 0 atom stereocenters. The summed E-state index contributed by atoms with van der Waals surface area (Å²) < 4.78 is 5.79. The van der Waals surface area contributed by atoms with E-state index < -0.39 is 0 Å². The van der Waals surface area contributed by atoms with E-state index in [0.29, 0.717) is 11.8 Å². The van der Waals surface area contributed by atoms with Gasteiger partial charge in [-0.05, 0) is 12.0 Å². The number of hydrogen-bond acceptors (Lipinski definition) is 1. The van der Waals surface area contributed by atoms with E-state index in [4.69, 9.17) is 16.3 Å². The second-order valence-corrected chi connectivity index (χ2v) is 4.00. The zero-order chi connectivity index (χ0) is 11.1. The molecule has 0 spiro atoms. The predicted octanol–water partition coefficient (Wildman–Crippen LogP) is 4.24. The molecule has 0 aliphatic carbocycles. The van der Waals surface area contributed by atoms with Gasteiger partial charge in [0, 0.05) is 5.56 Å². The molecule has 1 aromatic carbocycles. The molecule has 0 saturated heterocycles. The Balaban J connectivity index is 2.56. The summed E-state index contributed by atoms with van der Waals surface area (Å²) in [6, 6.07) is 7.97. The van der Waals surface area contributed by atoms with Gasteiger partial charge in [0.05, 0.1) is 12.5 Å². The molecule has 0 amide bonds. The van der Waals surface area contributed by atoms with Crippen LogP contribution in [0.3, 0.4) is 0 Å². The number of hydrogen-bond donors (Lipinski definition) is 0. The van der Waals surface area contributed by atoms with Gasteiger partial charge in [-0.3, -0.25) is 0 Å². The van der Waals surface area contributed by atoms with E-state index in [-0.39, 0.29) is 0 Å². The number of ether oxygens (including phenoxy) is 1. The zero-order valence-electron chi connectivity index (χ0n) is 9.50. The first-order valence-corrected chi connectivity index (χ1v) is 6.11. The first-order chi connectivity index (χ1) is 7.31. The summed E-state index contributed by atoms with van der Waals surface area (Å²) in [7, 11) is 0. The molecule has 0 N–H and O–H groups in total. The molecule has 0 fully saturated rings. The maximum atomic E-state index is 5.84. The first kappa shape index (κ1) is 12.4. The Morgan fingerprint density at radius 1 is 1.20 bits per heavy atom. The van der Waals surface area contributed by atoms with E-state index >= 15 is 0 Å². The molecule has 1 nitrogen and oxygen atoms in total. The highest BCUT2D eigenvalue weighted by Crippen LogP contribution is 2.21. The number of halogens is 1. The van der Waals surface area contributed by atoms with Gasteiger partial charge in [0.25, 0.3) is 0 Å². The van der Waals surface area contributed by atoms with Crippen molar-refractivity contribution in [1.29, 1.82) is 0 Å². The summed E-state index contributed by atoms with van der Waals surface area (Å²) in [6.45, 7) is 5.19. The van der Waals surface area contributed by atoms with Crippen molar-refractivity contribution in [3.05, 3.63) is 29.8 Å². The quantitative estimate of drug-likeness (QED) is 0.660. The molecule has 1 rings (SSSR count). The van der Waals surface area contributed by atoms with Crippen LogP contribution in [0.1, 0.15) is 32.3 Å². The van der Waals surface area contributed by atoms with Crippen molar-refractivity contribution in [3.63, 3.8) is 0 Å². The molecule has 0 saturated carbocycles. The van der Waals surface area contributed by atoms with Crippen LogP contribution in [-0.4, -0.2) is 6.61 Å². The maximum absolute atomic E-state index is 5.84. The number of alkyl halides is 1. The lowest BCUT2D eigenvalue weighted by Crippen LogP contribution is -2.10. The fourth-order valence-electron chi connectivity index (χ4n) is 1.49. The molecular formula is C13H19ClO. The van der Waals surface area contributed by atoms with Crippen LogP contribution in [0.4, 0.5) is 0 Å². The van der Waals surface area contributed by atoms with Crippen LogP contribution in [0.5, 0.6) is 5.75 Å². The van der Waals surface area contributed by atoms with Crippen LogP contribution >= 0.6 is 11.6 Å². The Kier molecular flexibility index (Phi) is 5.56. The monoisotopic (exact) mass is 226 g/mol. The van der Waals surface area contributed by atoms with Crippen molar-refractivity contribution in [1.82, 2.24) is 0 Å². The molecule has 0 bridgehead atoms. The van der Waals surface area contributed by atoms with Crippen molar-refractivity contribution in [2.24, 2.45) is 5.92 Å². The van der Waals surface area contributed by atoms with Crippen LogP contribution < -0.4 is 4.74 Å². The summed E-state index contributed by atoms with van der Waals surface area (Å²) in [4.78, 5) is 0. The second-order valence-electron chi connectivity index (χ2n) is 3.73. The molecule has 0 heterocycles. The average molecular weight is 227 g/mol. The van der Waals surface area contributed by atoms with E-state index in [9.17, 15) is 0 Å². The molecule has 1 aromatic rings. The highest BCUT2D eigenvalue weighted by atomic mass is 35.5. The minimum atomic E-state index is 0.513. The normalized spacial score (nSPS) is 10.7. The third kappa shape index (κ3) is 3.75. The summed E-state index contributed by atoms with van der Waals surface area (Å²) in [5.74, 6) is 2.09. The highest BCUT2D eigenvalue weighted by molar-refractivity contribution is 6.17. The van der Waals surface area contributed by atoms with Crippen molar-refractivity contribution in [3.8, 4) is 5.75 Å². The third-order valence-electron chi connectivity index (χ3n) is 2.75. The van der Waals surface area contributed by atoms with Gasteiger partial charge in [-0.1, -0.05) is 44.9 Å². The Hall–Kier alpha value is -0.690. The molecule has 0 radical (unpaired) electrons. The number of para-hydroxylation sites is 1. The van der Waals surface area contributed by atoms with Crippen molar-refractivity contribution < 1.29 is 4.74 Å². The lowest BCUT2D eigenvalue weighted by atomic mass is 10.1. The zero-order valence-corrected chi connectivity index (χ0v) is 10.3. The van der Waals surface area contributed by atoms with Crippen LogP contribution in [-0.2, 0) is 5.88 Å². The Labute approximate surface area is 97.4 Å². The summed E-state index contributed by atoms with van der Waals surface area (Å²) >= 11 is 5.84. The number of rotatable bonds is 6. The van der Waals surface area contributed by atoms with E-state index in [0.717, 1.165) is 17.9 Å². The third-order valence-corrected chi connectivity index (χ3v) is 3.03. The van der Waals surface area contributed by atoms with Crippen LogP contribution in [0, 0.1) is 5.92 Å². The maximum Gasteiger partial charge on any atom is 0.123 e. The average Bonchev–Trinajstić information content (AvgIpc) is 2.31. The van der Waals surface area contributed by atoms with Crippen LogP contribution in [0.2, 0.25) is 0 Å². The van der Waals surface area contributed by atoms with Crippen molar-refractivity contribution >= 4 is 11.6 Å². The smallest absolute Gasteiger partial charge is 0.123 e. The minimum Gasteiger partial charge on any atom is -0.493 e. The Morgan fingerprint density at radius 2 is 1.87 bits per heavy atom. The molecule has 0 unspecified atom stereocenters. The fraction of sp³-hybridized carbons (Fsp3) is 0.538. The van der Waals surface area contributed by atoms with Crippen molar-refractivity contribution in [2.75, 3.05) is 6.61 Å². The van der Waals surface area contributed by atoms with Crippen molar-refractivity contribution in [2.45, 2.75) is 32.6 Å². The molecule has 15 heavy (non-hydrogen) atoms. The van der Waals surface area contributed by atoms with Gasteiger partial charge in [-0.15, -0.1) is 11.6 Å². The van der Waals surface area contributed by atoms with Gasteiger partial charge in [-0.25, -0.2) is 0 Å². The molecule has 0 aromatic heterocycles. The summed E-state index contributed by atoms with van der Waals surface area (Å²) in [6.07, 6.45) is 2.33. The summed E-state index contributed by atoms with van der Waals surface area (Å²) in [5.41, 5.74) is 1.07. The SMILES string of the molecule is CCC(CC)COc1ccccc1CCl. The van der Waals surface area contributed by atoms with Gasteiger partial charge in [0.2, 0.25) is 0 Å². The molecule has 2 heteroatoms. The van der Waals surface area contributed by atoms with E-state index in [1.165, 1.54) is 12.8 Å². The lowest BCUT2D eigenvalue weighted by Gasteiger charge is -2.15. The van der Waals surface area contributed by atoms with Gasteiger partial charge < -0.3 is 4.74 Å². The topological polar surface area (TPSA) is 9.23 Å². The first-order valence-electron chi connectivity index (χ1n) is 5.58. The number of benzene rings is 1. The molecule has 84 valence electrons. The van der Waals surface area contributed by atoms with E-state index in [2.05, 4.69) is 13.8 Å². The predicted molar refractivity (Wildman–Crippen MR) is 65.6 cm³/mol. The van der Waals surface area contributed by atoms with Gasteiger partial charge in [0.1, 0.15) is 5.75 Å². The standard InChI is InChI=1S/C13H19ClO/c1-3-11(4-2)10-15-13-8-6-5-7-12(13)9-14/h5-8,11H,3-4,9-10H2,1-2H3. The summed E-state index contributed by atoms with van der Waals surface area (Å²) in [5, 5.41) is 0. The largest absolute Gasteiger partial charge is 0.493 e. The highest BCUT2D eigenvalue weighted by Gasteiger charge is 2.06. The Morgan fingerprint density at radius 3 is 2.47 bits per heavy atom. The van der Waals surface area contributed by atoms with Gasteiger partial charge >= 0.3 is 0 Å². The molecule has 0 aliphatic heterocycles. The second kappa shape index (κ2) is 6.73. The lowest BCUT2D eigenvalue weighted by molar-refractivity contribution is 0.239. The Bertz CT molecular complexity index is 282. The molecular weight excluding hydrogens is 208 g/mol. The van der Waals surface area contributed by atoms with E-state index in [1.807, 2.05) is 24.3 Å². The van der Waals surface area contributed by atoms with E-state index in [1.54, 1.807) is 0 Å². The minimum absolute atomic E-state index is 0.513. The van der Waals surface area contributed by atoms with Gasteiger partial charge in [-0.2, -0.15) is 0 Å². The fourth-order valence-corrected chi connectivity index (χ4v) is 1.71. The van der Waals surface area contributed by atoms with Crippen LogP contribution in [0.25, 0.3) is 0 Å².